The normalized spacial score (nSPS) is 10.7. The second kappa shape index (κ2) is 11.9. The molecule has 0 saturated carbocycles. The van der Waals surface area contributed by atoms with Crippen molar-refractivity contribution in [3.05, 3.63) is 87.5 Å². The molecule has 0 spiro atoms. The fraction of sp³-hybridized carbons (Fsp3) is 0.323. The van der Waals surface area contributed by atoms with E-state index in [1.807, 2.05) is 70.2 Å². The lowest BCUT2D eigenvalue weighted by Crippen LogP contribution is -2.37. The molecule has 0 aliphatic heterocycles. The number of hydrogen-bond acceptors (Lipinski definition) is 5. The molecule has 0 aliphatic carbocycles. The van der Waals surface area contributed by atoms with Crippen LogP contribution in [-0.2, 0) is 16.0 Å². The number of carbonyl (C=O) groups excluding carboxylic acids is 3. The minimum Gasteiger partial charge on any atom is -0.462 e. The standard InChI is InChI=1S/C31H36N2O4/c1-8-12-24-17-18-25(30(35)33(23(7)34)29-21(5)15-11-16-22(29)6)26(31(36)37-9-2)28(24)32-27-19(3)13-10-14-20(27)4/h10-11,13-18,32H,8-9,12H2,1-7H3. The van der Waals surface area contributed by atoms with Gasteiger partial charge in [-0.15, -0.1) is 0 Å². The molecule has 0 fully saturated rings. The molecule has 0 aromatic heterocycles. The molecule has 6 nitrogen and oxygen atoms in total. The number of ether oxygens (including phenoxy) is 1. The summed E-state index contributed by atoms with van der Waals surface area (Å²) in [6.07, 6.45) is 1.54. The molecule has 0 heterocycles. The van der Waals surface area contributed by atoms with Crippen LogP contribution in [0.15, 0.2) is 48.5 Å². The fourth-order valence-electron chi connectivity index (χ4n) is 4.68. The molecule has 0 bridgehead atoms. The van der Waals surface area contributed by atoms with Gasteiger partial charge in [0.05, 0.1) is 29.1 Å². The van der Waals surface area contributed by atoms with Crippen molar-refractivity contribution >= 4 is 34.8 Å². The summed E-state index contributed by atoms with van der Waals surface area (Å²) in [7, 11) is 0. The summed E-state index contributed by atoms with van der Waals surface area (Å²) in [5, 5.41) is 3.47. The highest BCUT2D eigenvalue weighted by atomic mass is 16.5. The zero-order chi connectivity index (χ0) is 27.3. The number of carbonyl (C=O) groups is 3. The average molecular weight is 501 g/mol. The van der Waals surface area contributed by atoms with E-state index in [9.17, 15) is 14.4 Å². The van der Waals surface area contributed by atoms with Gasteiger partial charge in [-0.25, -0.2) is 9.69 Å². The highest BCUT2D eigenvalue weighted by Gasteiger charge is 2.31. The molecule has 0 unspecified atom stereocenters. The van der Waals surface area contributed by atoms with Crippen molar-refractivity contribution in [2.45, 2.75) is 61.3 Å². The zero-order valence-corrected chi connectivity index (χ0v) is 22.8. The first kappa shape index (κ1) is 27.7. The topological polar surface area (TPSA) is 75.7 Å². The summed E-state index contributed by atoms with van der Waals surface area (Å²) in [5.41, 5.74) is 6.67. The minimum absolute atomic E-state index is 0.116. The monoisotopic (exact) mass is 500 g/mol. The number of imide groups is 1. The molecule has 0 saturated heterocycles. The van der Waals surface area contributed by atoms with E-state index in [0.717, 1.165) is 44.8 Å². The van der Waals surface area contributed by atoms with Crippen LogP contribution in [-0.4, -0.2) is 24.4 Å². The zero-order valence-electron chi connectivity index (χ0n) is 22.8. The smallest absolute Gasteiger partial charge is 0.341 e. The SMILES string of the molecule is CCCc1ccc(C(=O)N(C(C)=O)c2c(C)cccc2C)c(C(=O)OCC)c1Nc1c(C)cccc1C. The van der Waals surface area contributed by atoms with Gasteiger partial charge >= 0.3 is 5.97 Å². The minimum atomic E-state index is -0.609. The Morgan fingerprint density at radius 1 is 0.811 bits per heavy atom. The molecule has 194 valence electrons. The van der Waals surface area contributed by atoms with Gasteiger partial charge in [-0.1, -0.05) is 55.8 Å². The predicted molar refractivity (Wildman–Crippen MR) is 149 cm³/mol. The van der Waals surface area contributed by atoms with Crippen LogP contribution in [0.1, 0.15) is 75.7 Å². The van der Waals surface area contributed by atoms with Crippen molar-refractivity contribution in [1.82, 2.24) is 0 Å². The van der Waals surface area contributed by atoms with Crippen LogP contribution < -0.4 is 10.2 Å². The number of anilines is 3. The second-order valence-corrected chi connectivity index (χ2v) is 9.28. The van der Waals surface area contributed by atoms with E-state index in [4.69, 9.17) is 4.74 Å². The Morgan fingerprint density at radius 2 is 1.38 bits per heavy atom. The second-order valence-electron chi connectivity index (χ2n) is 9.28. The van der Waals surface area contributed by atoms with Crippen LogP contribution in [0.25, 0.3) is 0 Å². The summed E-state index contributed by atoms with van der Waals surface area (Å²) < 4.78 is 5.45. The highest BCUT2D eigenvalue weighted by Crippen LogP contribution is 2.35. The van der Waals surface area contributed by atoms with Gasteiger partial charge in [0.1, 0.15) is 0 Å². The lowest BCUT2D eigenvalue weighted by atomic mass is 9.95. The molecule has 3 rings (SSSR count). The van der Waals surface area contributed by atoms with Crippen LogP contribution >= 0.6 is 0 Å². The molecule has 2 amide bonds. The largest absolute Gasteiger partial charge is 0.462 e. The summed E-state index contributed by atoms with van der Waals surface area (Å²) >= 11 is 0. The third-order valence-corrected chi connectivity index (χ3v) is 6.43. The van der Waals surface area contributed by atoms with Crippen molar-refractivity contribution in [3.8, 4) is 0 Å². The van der Waals surface area contributed by atoms with Gasteiger partial charge in [-0.05, 0) is 74.9 Å². The Balaban J connectivity index is 2.31. The highest BCUT2D eigenvalue weighted by molar-refractivity contribution is 6.24. The number of rotatable bonds is 8. The summed E-state index contributed by atoms with van der Waals surface area (Å²) in [6.45, 7) is 13.0. The third-order valence-electron chi connectivity index (χ3n) is 6.43. The summed E-state index contributed by atoms with van der Waals surface area (Å²) in [5.74, 6) is -1.61. The van der Waals surface area contributed by atoms with E-state index in [0.29, 0.717) is 17.8 Å². The van der Waals surface area contributed by atoms with E-state index >= 15 is 0 Å². The Bertz CT molecular complexity index is 1300. The van der Waals surface area contributed by atoms with Crippen molar-refractivity contribution in [1.29, 1.82) is 0 Å². The van der Waals surface area contributed by atoms with Gasteiger partial charge in [0, 0.05) is 12.6 Å². The number of amides is 2. The van der Waals surface area contributed by atoms with Crippen molar-refractivity contribution in [2.75, 3.05) is 16.8 Å². The molecule has 3 aromatic rings. The van der Waals surface area contributed by atoms with Crippen LogP contribution in [0.3, 0.4) is 0 Å². The number of esters is 1. The summed E-state index contributed by atoms with van der Waals surface area (Å²) in [6, 6.07) is 15.1. The van der Waals surface area contributed by atoms with E-state index in [1.165, 1.54) is 6.92 Å². The lowest BCUT2D eigenvalue weighted by molar-refractivity contribution is -0.116. The van der Waals surface area contributed by atoms with E-state index in [2.05, 4.69) is 12.2 Å². The van der Waals surface area contributed by atoms with Gasteiger partial charge in [-0.2, -0.15) is 0 Å². The molecular weight excluding hydrogens is 464 g/mol. The maximum Gasteiger partial charge on any atom is 0.341 e. The van der Waals surface area contributed by atoms with Gasteiger partial charge in [0.15, 0.2) is 0 Å². The van der Waals surface area contributed by atoms with Gasteiger partial charge in [0.2, 0.25) is 5.91 Å². The number of hydrogen-bond donors (Lipinski definition) is 1. The van der Waals surface area contributed by atoms with Crippen LogP contribution in [0, 0.1) is 27.7 Å². The number of nitrogens with one attached hydrogen (secondary N) is 1. The van der Waals surface area contributed by atoms with Crippen LogP contribution in [0.4, 0.5) is 17.1 Å². The van der Waals surface area contributed by atoms with E-state index in [-0.39, 0.29) is 17.7 Å². The molecule has 3 aromatic carbocycles. The van der Waals surface area contributed by atoms with Crippen molar-refractivity contribution in [2.24, 2.45) is 0 Å². The Morgan fingerprint density at radius 3 is 1.89 bits per heavy atom. The average Bonchev–Trinajstić information content (AvgIpc) is 2.84. The first-order chi connectivity index (χ1) is 17.6. The number of para-hydroxylation sites is 2. The Hall–Kier alpha value is -3.93. The fourth-order valence-corrected chi connectivity index (χ4v) is 4.68. The van der Waals surface area contributed by atoms with Crippen LogP contribution in [0.5, 0.6) is 0 Å². The van der Waals surface area contributed by atoms with E-state index < -0.39 is 17.8 Å². The first-order valence-electron chi connectivity index (χ1n) is 12.7. The van der Waals surface area contributed by atoms with Gasteiger partial charge in [-0.3, -0.25) is 9.59 Å². The van der Waals surface area contributed by atoms with Crippen LogP contribution in [0.2, 0.25) is 0 Å². The molecule has 0 atom stereocenters. The Labute approximate surface area is 219 Å². The number of nitrogens with zero attached hydrogens (tertiary/aromatic N) is 1. The molecule has 1 N–H and O–H groups in total. The van der Waals surface area contributed by atoms with Crippen molar-refractivity contribution < 1.29 is 19.1 Å². The molecule has 37 heavy (non-hydrogen) atoms. The van der Waals surface area contributed by atoms with E-state index in [1.54, 1.807) is 13.0 Å². The molecule has 0 radical (unpaired) electrons. The lowest BCUT2D eigenvalue weighted by Gasteiger charge is -2.26. The summed E-state index contributed by atoms with van der Waals surface area (Å²) in [4.78, 5) is 41.6. The third kappa shape index (κ3) is 5.74. The first-order valence-corrected chi connectivity index (χ1v) is 12.7. The number of aryl methyl sites for hydroxylation is 5. The molecular formula is C31H36N2O4. The number of benzene rings is 3. The Kier molecular flexibility index (Phi) is 8.87. The van der Waals surface area contributed by atoms with Gasteiger partial charge in [0.25, 0.3) is 5.91 Å². The van der Waals surface area contributed by atoms with Crippen molar-refractivity contribution in [3.63, 3.8) is 0 Å². The molecule has 6 heteroatoms. The quantitative estimate of drug-likeness (QED) is 0.338. The van der Waals surface area contributed by atoms with Gasteiger partial charge < -0.3 is 10.1 Å². The maximum absolute atomic E-state index is 14.1. The predicted octanol–water partition coefficient (Wildman–Crippen LogP) is 6.99. The molecule has 0 aliphatic rings. The maximum atomic E-state index is 14.1.